The lowest BCUT2D eigenvalue weighted by atomic mass is 10.00. The summed E-state index contributed by atoms with van der Waals surface area (Å²) in [7, 11) is 0. The van der Waals surface area contributed by atoms with Crippen molar-refractivity contribution in [2.75, 3.05) is 0 Å². The highest BCUT2D eigenvalue weighted by atomic mass is 15.0. The summed E-state index contributed by atoms with van der Waals surface area (Å²) in [5.74, 6) is 1.94. The normalized spacial score (nSPS) is 38.5. The molecule has 1 heteroatoms. The second kappa shape index (κ2) is 3.37. The van der Waals surface area contributed by atoms with Gasteiger partial charge < -0.3 is 5.32 Å². The molecular formula is C11H21N. The molecule has 2 aliphatic rings. The van der Waals surface area contributed by atoms with Gasteiger partial charge in [-0.15, -0.1) is 0 Å². The summed E-state index contributed by atoms with van der Waals surface area (Å²) < 4.78 is 0. The van der Waals surface area contributed by atoms with Crippen LogP contribution in [0.15, 0.2) is 0 Å². The Labute approximate surface area is 75.9 Å². The molecule has 0 spiro atoms. The summed E-state index contributed by atoms with van der Waals surface area (Å²) >= 11 is 0. The highest BCUT2D eigenvalue weighted by Crippen LogP contribution is 2.33. The predicted octanol–water partition coefficient (Wildman–Crippen LogP) is 2.56. The summed E-state index contributed by atoms with van der Waals surface area (Å²) in [5.41, 5.74) is 0. The first kappa shape index (κ1) is 8.55. The molecule has 0 bridgehead atoms. The minimum atomic E-state index is 0.780. The van der Waals surface area contributed by atoms with Gasteiger partial charge in [-0.05, 0) is 38.0 Å². The van der Waals surface area contributed by atoms with Gasteiger partial charge in [-0.2, -0.15) is 0 Å². The topological polar surface area (TPSA) is 12.0 Å². The van der Waals surface area contributed by atoms with Crippen LogP contribution in [0.1, 0.15) is 46.0 Å². The predicted molar refractivity (Wildman–Crippen MR) is 52.1 cm³/mol. The van der Waals surface area contributed by atoms with E-state index in [0.717, 1.165) is 23.9 Å². The maximum absolute atomic E-state index is 3.75. The fourth-order valence-corrected chi connectivity index (χ4v) is 2.49. The molecule has 0 aromatic heterocycles. The maximum Gasteiger partial charge on any atom is 0.00989 e. The Morgan fingerprint density at radius 3 is 2.33 bits per heavy atom. The van der Waals surface area contributed by atoms with Crippen molar-refractivity contribution < 1.29 is 0 Å². The molecule has 0 aliphatic heterocycles. The lowest BCUT2D eigenvalue weighted by Crippen LogP contribution is -2.34. The molecular weight excluding hydrogens is 146 g/mol. The first-order chi connectivity index (χ1) is 5.77. The largest absolute Gasteiger partial charge is 0.311 e. The summed E-state index contributed by atoms with van der Waals surface area (Å²) in [4.78, 5) is 0. The smallest absolute Gasteiger partial charge is 0.00989 e. The lowest BCUT2D eigenvalue weighted by Gasteiger charge is -2.20. The molecule has 0 radical (unpaired) electrons. The third-order valence-corrected chi connectivity index (χ3v) is 3.69. The molecule has 0 aromatic rings. The van der Waals surface area contributed by atoms with E-state index in [9.17, 15) is 0 Å². The zero-order valence-corrected chi connectivity index (χ0v) is 8.34. The average molecular weight is 167 g/mol. The van der Waals surface area contributed by atoms with Crippen molar-refractivity contribution in [1.29, 1.82) is 0 Å². The van der Waals surface area contributed by atoms with E-state index >= 15 is 0 Å². The molecule has 2 fully saturated rings. The van der Waals surface area contributed by atoms with Gasteiger partial charge in [0.2, 0.25) is 0 Å². The van der Waals surface area contributed by atoms with Crippen molar-refractivity contribution in [2.24, 2.45) is 11.8 Å². The van der Waals surface area contributed by atoms with Gasteiger partial charge in [-0.1, -0.05) is 19.8 Å². The Morgan fingerprint density at radius 1 is 1.25 bits per heavy atom. The van der Waals surface area contributed by atoms with Crippen LogP contribution in [0.2, 0.25) is 0 Å². The van der Waals surface area contributed by atoms with Gasteiger partial charge in [-0.25, -0.2) is 0 Å². The molecule has 3 atom stereocenters. The lowest BCUT2D eigenvalue weighted by molar-refractivity contribution is 0.374. The van der Waals surface area contributed by atoms with Crippen LogP contribution in [0.4, 0.5) is 0 Å². The molecule has 0 heterocycles. The Kier molecular flexibility index (Phi) is 2.40. The van der Waals surface area contributed by atoms with Gasteiger partial charge in [-0.3, -0.25) is 0 Å². The Balaban J connectivity index is 1.72. The van der Waals surface area contributed by atoms with E-state index in [2.05, 4.69) is 19.2 Å². The fraction of sp³-hybridized carbons (Fsp3) is 1.00. The molecule has 0 saturated heterocycles. The first-order valence-corrected chi connectivity index (χ1v) is 5.53. The second-order valence-electron chi connectivity index (χ2n) is 4.82. The summed E-state index contributed by atoms with van der Waals surface area (Å²) in [6.45, 7) is 4.72. The van der Waals surface area contributed by atoms with Gasteiger partial charge in [0.25, 0.3) is 0 Å². The molecule has 1 nitrogen and oxygen atoms in total. The van der Waals surface area contributed by atoms with Crippen molar-refractivity contribution in [3.8, 4) is 0 Å². The van der Waals surface area contributed by atoms with Gasteiger partial charge in [0.05, 0.1) is 0 Å². The molecule has 70 valence electrons. The van der Waals surface area contributed by atoms with E-state index in [-0.39, 0.29) is 0 Å². The van der Waals surface area contributed by atoms with Gasteiger partial charge in [0, 0.05) is 12.1 Å². The quantitative estimate of drug-likeness (QED) is 0.681. The van der Waals surface area contributed by atoms with Crippen LogP contribution in [0.5, 0.6) is 0 Å². The van der Waals surface area contributed by atoms with Crippen molar-refractivity contribution in [3.05, 3.63) is 0 Å². The van der Waals surface area contributed by atoms with Crippen LogP contribution in [0.25, 0.3) is 0 Å². The average Bonchev–Trinajstić information content (AvgIpc) is 2.58. The van der Waals surface area contributed by atoms with Crippen LogP contribution in [-0.4, -0.2) is 12.1 Å². The maximum atomic E-state index is 3.75. The van der Waals surface area contributed by atoms with Gasteiger partial charge in [0.15, 0.2) is 0 Å². The minimum Gasteiger partial charge on any atom is -0.311 e. The number of hydrogen-bond donors (Lipinski definition) is 1. The second-order valence-corrected chi connectivity index (χ2v) is 4.82. The van der Waals surface area contributed by atoms with Gasteiger partial charge in [0.1, 0.15) is 0 Å². The van der Waals surface area contributed by atoms with Gasteiger partial charge >= 0.3 is 0 Å². The summed E-state index contributed by atoms with van der Waals surface area (Å²) in [5, 5.41) is 3.75. The first-order valence-electron chi connectivity index (χ1n) is 5.53. The molecule has 1 unspecified atom stereocenters. The Hall–Kier alpha value is -0.0400. The highest BCUT2D eigenvalue weighted by molar-refractivity contribution is 4.92. The molecule has 12 heavy (non-hydrogen) atoms. The van der Waals surface area contributed by atoms with E-state index in [1.165, 1.54) is 32.1 Å². The molecule has 2 rings (SSSR count). The van der Waals surface area contributed by atoms with E-state index in [1.54, 1.807) is 0 Å². The third-order valence-electron chi connectivity index (χ3n) is 3.69. The SMILES string of the molecule is CC(N[C@@H]1C[C@H]1C)C1CCCC1. The molecule has 0 amide bonds. The van der Waals surface area contributed by atoms with Crippen molar-refractivity contribution >= 4 is 0 Å². The standard InChI is InChI=1S/C11H21N/c1-8-7-11(8)12-9(2)10-5-3-4-6-10/h8-12H,3-7H2,1-2H3/t8-,9?,11-/m1/s1. The third kappa shape index (κ3) is 1.82. The van der Waals surface area contributed by atoms with E-state index in [0.29, 0.717) is 0 Å². The summed E-state index contributed by atoms with van der Waals surface area (Å²) in [6, 6.07) is 1.64. The fourth-order valence-electron chi connectivity index (χ4n) is 2.49. The highest BCUT2D eigenvalue weighted by Gasteiger charge is 2.35. The Bertz CT molecular complexity index is 149. The molecule has 2 aliphatic carbocycles. The van der Waals surface area contributed by atoms with Crippen molar-refractivity contribution in [3.63, 3.8) is 0 Å². The number of rotatable bonds is 3. The molecule has 0 aromatic carbocycles. The van der Waals surface area contributed by atoms with E-state index < -0.39 is 0 Å². The molecule has 1 N–H and O–H groups in total. The minimum absolute atomic E-state index is 0.780. The molecule has 2 saturated carbocycles. The van der Waals surface area contributed by atoms with Crippen LogP contribution >= 0.6 is 0 Å². The van der Waals surface area contributed by atoms with Crippen LogP contribution in [-0.2, 0) is 0 Å². The van der Waals surface area contributed by atoms with Crippen molar-refractivity contribution in [2.45, 2.75) is 58.0 Å². The zero-order valence-electron chi connectivity index (χ0n) is 8.34. The Morgan fingerprint density at radius 2 is 1.83 bits per heavy atom. The number of hydrogen-bond acceptors (Lipinski definition) is 1. The monoisotopic (exact) mass is 167 g/mol. The van der Waals surface area contributed by atoms with Crippen LogP contribution < -0.4 is 5.32 Å². The van der Waals surface area contributed by atoms with E-state index in [4.69, 9.17) is 0 Å². The summed E-state index contributed by atoms with van der Waals surface area (Å²) in [6.07, 6.45) is 7.29. The number of nitrogens with one attached hydrogen (secondary N) is 1. The van der Waals surface area contributed by atoms with E-state index in [1.807, 2.05) is 0 Å². The van der Waals surface area contributed by atoms with Crippen LogP contribution in [0.3, 0.4) is 0 Å². The zero-order chi connectivity index (χ0) is 8.55. The van der Waals surface area contributed by atoms with Crippen LogP contribution in [0, 0.1) is 11.8 Å². The van der Waals surface area contributed by atoms with Crippen molar-refractivity contribution in [1.82, 2.24) is 5.32 Å².